The Labute approximate surface area is 432 Å². The molecule has 2 N–H and O–H groups in total. The number of aromatic nitrogens is 12. The number of carbonyl (C=O) groups excluding carboxylic acids is 2. The van der Waals surface area contributed by atoms with Gasteiger partial charge in [0, 0.05) is 61.6 Å². The van der Waals surface area contributed by atoms with Gasteiger partial charge >= 0.3 is 0 Å². The summed E-state index contributed by atoms with van der Waals surface area (Å²) in [7, 11) is 3.74. The second kappa shape index (κ2) is 19.7. The first-order valence-electron chi connectivity index (χ1n) is 23.6. The number of hydrogen-bond acceptors (Lipinski definition) is 10. The molecule has 10 aromatic heterocycles. The van der Waals surface area contributed by atoms with E-state index >= 15 is 0 Å². The van der Waals surface area contributed by atoms with E-state index in [2.05, 4.69) is 75.6 Å². The maximum absolute atomic E-state index is 13.4. The molecule has 0 aliphatic heterocycles. The highest BCUT2D eigenvalue weighted by molar-refractivity contribution is 7.17. The first kappa shape index (κ1) is 47.0. The average molecular weight is 1010 g/mol. The molecule has 18 heteroatoms. The zero-order valence-corrected chi connectivity index (χ0v) is 42.6. The zero-order valence-electron chi connectivity index (χ0n) is 41.0. The molecule has 0 fully saturated rings. The quantitative estimate of drug-likeness (QED) is 0.142. The normalized spacial score (nSPS) is 12.0. The van der Waals surface area contributed by atoms with Gasteiger partial charge in [-0.1, -0.05) is 96.0 Å². The van der Waals surface area contributed by atoms with Crippen molar-refractivity contribution in [2.75, 3.05) is 0 Å². The Morgan fingerprint density at radius 1 is 0.595 bits per heavy atom. The lowest BCUT2D eigenvalue weighted by Crippen LogP contribution is -2.27. The summed E-state index contributed by atoms with van der Waals surface area (Å²) in [5.41, 5.74) is 12.0. The molecule has 12 aromatic rings. The molecule has 16 nitrogen and oxygen atoms in total. The number of thiazole rings is 2. The van der Waals surface area contributed by atoms with E-state index in [4.69, 9.17) is 9.97 Å². The Bertz CT molecular complexity index is 4200. The van der Waals surface area contributed by atoms with Crippen LogP contribution in [-0.2, 0) is 14.1 Å². The molecular weight excluding hydrogens is 965 g/mol. The van der Waals surface area contributed by atoms with Crippen LogP contribution in [0, 0.1) is 37.5 Å². The fourth-order valence-corrected chi connectivity index (χ4v) is 10.6. The molecule has 0 saturated carbocycles. The second-order valence-electron chi connectivity index (χ2n) is 17.6. The molecule has 10 heterocycles. The number of fused-ring (bicyclic) bond motifs is 4. The maximum atomic E-state index is 13.4. The number of aryl methyl sites for hydroxylation is 4. The second-order valence-corrected chi connectivity index (χ2v) is 19.4. The number of amides is 2. The number of carbonyl (C=O) groups is 2. The van der Waals surface area contributed by atoms with Gasteiger partial charge in [-0.3, -0.25) is 27.8 Å². The van der Waals surface area contributed by atoms with Crippen LogP contribution < -0.4 is 10.6 Å². The minimum Gasteiger partial charge on any atom is -0.344 e. The highest BCUT2D eigenvalue weighted by Gasteiger charge is 2.27. The summed E-state index contributed by atoms with van der Waals surface area (Å²) in [5.74, 6) is 12.5. The van der Waals surface area contributed by atoms with E-state index in [-0.39, 0.29) is 23.9 Å². The van der Waals surface area contributed by atoms with Crippen molar-refractivity contribution in [3.63, 3.8) is 0 Å². The summed E-state index contributed by atoms with van der Waals surface area (Å²) >= 11 is 3.04. The minimum atomic E-state index is -0.355. The van der Waals surface area contributed by atoms with Crippen LogP contribution in [0.3, 0.4) is 0 Å². The van der Waals surface area contributed by atoms with E-state index in [0.717, 1.165) is 76.6 Å². The van der Waals surface area contributed by atoms with Crippen molar-refractivity contribution in [1.82, 2.24) is 68.2 Å². The van der Waals surface area contributed by atoms with Gasteiger partial charge in [-0.2, -0.15) is 20.4 Å². The third kappa shape index (κ3) is 9.11. The lowest BCUT2D eigenvalue weighted by molar-refractivity contribution is 0.0931. The lowest BCUT2D eigenvalue weighted by Gasteiger charge is -2.14. The van der Waals surface area contributed by atoms with Gasteiger partial charge in [-0.15, -0.1) is 11.3 Å². The predicted molar refractivity (Wildman–Crippen MR) is 287 cm³/mol. The van der Waals surface area contributed by atoms with Gasteiger partial charge < -0.3 is 10.6 Å². The molecule has 74 heavy (non-hydrogen) atoms. The van der Waals surface area contributed by atoms with E-state index in [1.807, 2.05) is 163 Å². The predicted octanol–water partition coefficient (Wildman–Crippen LogP) is 9.29. The van der Waals surface area contributed by atoms with Crippen molar-refractivity contribution in [3.8, 4) is 46.2 Å². The molecular formula is C56H46N14O2S2. The first-order valence-corrected chi connectivity index (χ1v) is 25.3. The molecule has 0 aliphatic rings. The Hall–Kier alpha value is -9.36. The molecule has 0 radical (unpaired) electrons. The molecule has 0 saturated heterocycles. The van der Waals surface area contributed by atoms with Crippen molar-refractivity contribution in [2.24, 2.45) is 14.1 Å². The standard InChI is InChI=1S/2C28H23N7OS/c1-18-24(23-11-7-8-14-35(23)32-18)27(36)30-19(2)25-26(21-9-5-4-6-10-21)34-17-22(37-28(34)31-25)13-12-20-15-29-33(3)16-20;1-18-24(23-11-7-8-14-34(23)32-18)27(36)30-19(2)25-26(21-9-5-4-6-10-21)35-22(17-37-28(35)31-25)13-12-20-15-29-33(3)16-20/h2*4-11,14-17,19H,1-3H3,(H,30,36)/t2*19-/m00/s1. The summed E-state index contributed by atoms with van der Waals surface area (Å²) in [6.07, 6.45) is 12.9. The van der Waals surface area contributed by atoms with Crippen molar-refractivity contribution >= 4 is 55.4 Å². The van der Waals surface area contributed by atoms with Crippen molar-refractivity contribution in [2.45, 2.75) is 39.8 Å². The van der Waals surface area contributed by atoms with Crippen LogP contribution in [0.2, 0.25) is 0 Å². The summed E-state index contributed by atoms with van der Waals surface area (Å²) < 4.78 is 11.0. The molecule has 0 aliphatic carbocycles. The van der Waals surface area contributed by atoms with Gasteiger partial charge in [0.05, 0.1) is 96.8 Å². The van der Waals surface area contributed by atoms with E-state index in [1.54, 1.807) is 30.8 Å². The molecule has 12 rings (SSSR count). The molecule has 2 aromatic carbocycles. The van der Waals surface area contributed by atoms with Crippen molar-refractivity contribution < 1.29 is 9.59 Å². The van der Waals surface area contributed by atoms with Crippen LogP contribution in [0.25, 0.3) is 43.5 Å². The summed E-state index contributed by atoms with van der Waals surface area (Å²) in [4.78, 5) is 39.2. The Kier molecular flexibility index (Phi) is 12.5. The minimum absolute atomic E-state index is 0.176. The van der Waals surface area contributed by atoms with Crippen molar-refractivity contribution in [1.29, 1.82) is 0 Å². The topological polar surface area (TPSA) is 163 Å². The van der Waals surface area contributed by atoms with E-state index in [9.17, 15) is 9.59 Å². The van der Waals surface area contributed by atoms with E-state index < -0.39 is 0 Å². The number of imidazole rings is 2. The van der Waals surface area contributed by atoms with Crippen LogP contribution in [0.4, 0.5) is 0 Å². The number of rotatable bonds is 8. The van der Waals surface area contributed by atoms with Crippen LogP contribution in [0.5, 0.6) is 0 Å². The van der Waals surface area contributed by atoms with Crippen LogP contribution in [0.15, 0.2) is 146 Å². The number of pyridine rings is 2. The van der Waals surface area contributed by atoms with Crippen LogP contribution in [0.1, 0.15) is 91.1 Å². The third-order valence-electron chi connectivity index (χ3n) is 12.3. The van der Waals surface area contributed by atoms with Crippen LogP contribution in [-0.4, -0.2) is 69.4 Å². The monoisotopic (exact) mass is 1010 g/mol. The Balaban J connectivity index is 0.000000159. The molecule has 364 valence electrons. The van der Waals surface area contributed by atoms with Gasteiger partial charge in [-0.05, 0) is 63.8 Å². The Morgan fingerprint density at radius 2 is 1.09 bits per heavy atom. The largest absolute Gasteiger partial charge is 0.344 e. The molecule has 0 unspecified atom stereocenters. The highest BCUT2D eigenvalue weighted by atomic mass is 32.1. The lowest BCUT2D eigenvalue weighted by atomic mass is 10.1. The van der Waals surface area contributed by atoms with Gasteiger partial charge in [0.2, 0.25) is 0 Å². The fraction of sp³-hybridized carbons (Fsp3) is 0.143. The third-order valence-corrected chi connectivity index (χ3v) is 14.0. The first-order chi connectivity index (χ1) is 36.0. The summed E-state index contributed by atoms with van der Waals surface area (Å²) in [6, 6.07) is 30.9. The number of nitrogens with one attached hydrogen (secondary N) is 2. The van der Waals surface area contributed by atoms with Gasteiger partial charge in [0.15, 0.2) is 9.92 Å². The number of nitrogens with zero attached hydrogens (tertiary/aromatic N) is 12. The Morgan fingerprint density at radius 3 is 1.64 bits per heavy atom. The summed E-state index contributed by atoms with van der Waals surface area (Å²) in [5, 5.41) is 25.6. The van der Waals surface area contributed by atoms with E-state index in [1.165, 1.54) is 22.7 Å². The smallest absolute Gasteiger partial charge is 0.255 e. The molecule has 2 atom stereocenters. The highest BCUT2D eigenvalue weighted by Crippen LogP contribution is 2.35. The van der Waals surface area contributed by atoms with Crippen molar-refractivity contribution in [3.05, 3.63) is 201 Å². The van der Waals surface area contributed by atoms with E-state index in [0.29, 0.717) is 22.5 Å². The molecule has 2 amide bonds. The fourth-order valence-electron chi connectivity index (χ4n) is 8.96. The molecule has 0 bridgehead atoms. The number of benzene rings is 2. The maximum Gasteiger partial charge on any atom is 0.255 e. The van der Waals surface area contributed by atoms with Gasteiger partial charge in [0.25, 0.3) is 11.8 Å². The van der Waals surface area contributed by atoms with Gasteiger partial charge in [-0.25, -0.2) is 19.0 Å². The average Bonchev–Trinajstić information content (AvgIpc) is 4.28. The molecule has 0 spiro atoms. The zero-order chi connectivity index (χ0) is 51.0. The van der Waals surface area contributed by atoms with Gasteiger partial charge in [0.1, 0.15) is 5.69 Å². The SMILES string of the molecule is Cc1nn2ccccc2c1C(=O)N[C@@H](C)c1nc2sc(C#Cc3cnn(C)c3)cn2c1-c1ccccc1.Cc1nn2ccccc2c1C(=O)N[C@@H](C)c1nc2scc(C#Cc3cnn(C)c3)n2c1-c1ccccc1. The van der Waals surface area contributed by atoms with Crippen LogP contribution >= 0.6 is 22.7 Å². The summed E-state index contributed by atoms with van der Waals surface area (Å²) in [6.45, 7) is 7.62. The number of hydrogen-bond donors (Lipinski definition) is 2.